The summed E-state index contributed by atoms with van der Waals surface area (Å²) in [7, 11) is 0. The smallest absolute Gasteiger partial charge is 0.305 e. The SMILES string of the molecule is CCCCCCCC/C=C\CCCCCCCCCC(=O)OCCCCCCCC/C=C\C/C=C\CCC(=O)NC(CO)C(O)/C=C/CCCCCCCCCCCCCCC. The first-order chi connectivity index (χ1) is 30.5. The highest BCUT2D eigenvalue weighted by Gasteiger charge is 2.17. The van der Waals surface area contributed by atoms with Crippen LogP contribution in [0, 0.1) is 0 Å². The fourth-order valence-corrected chi connectivity index (χ4v) is 7.91. The van der Waals surface area contributed by atoms with Crippen molar-refractivity contribution in [2.75, 3.05) is 13.2 Å². The summed E-state index contributed by atoms with van der Waals surface area (Å²) < 4.78 is 5.46. The molecule has 62 heavy (non-hydrogen) atoms. The Balaban J connectivity index is 3.57. The van der Waals surface area contributed by atoms with Crippen molar-refractivity contribution < 1.29 is 24.5 Å². The van der Waals surface area contributed by atoms with Gasteiger partial charge >= 0.3 is 5.97 Å². The molecule has 2 atom stereocenters. The number of hydrogen-bond donors (Lipinski definition) is 3. The number of hydrogen-bond acceptors (Lipinski definition) is 5. The van der Waals surface area contributed by atoms with Crippen LogP contribution in [0.5, 0.6) is 0 Å². The summed E-state index contributed by atoms with van der Waals surface area (Å²) in [5.41, 5.74) is 0. The summed E-state index contributed by atoms with van der Waals surface area (Å²) in [6, 6.07) is -0.672. The van der Waals surface area contributed by atoms with E-state index in [-0.39, 0.29) is 18.5 Å². The maximum absolute atomic E-state index is 12.4. The third kappa shape index (κ3) is 47.3. The Kier molecular flexibility index (Phi) is 49.6. The Bertz CT molecular complexity index is 1050. The lowest BCUT2D eigenvalue weighted by atomic mass is 10.0. The fourth-order valence-electron chi connectivity index (χ4n) is 7.91. The summed E-state index contributed by atoms with van der Waals surface area (Å²) >= 11 is 0. The van der Waals surface area contributed by atoms with Crippen LogP contribution >= 0.6 is 0 Å². The molecule has 0 aliphatic heterocycles. The van der Waals surface area contributed by atoms with E-state index in [0.717, 1.165) is 51.4 Å². The maximum Gasteiger partial charge on any atom is 0.305 e. The largest absolute Gasteiger partial charge is 0.466 e. The van der Waals surface area contributed by atoms with E-state index >= 15 is 0 Å². The van der Waals surface area contributed by atoms with Crippen LogP contribution in [0.3, 0.4) is 0 Å². The first kappa shape index (κ1) is 59.8. The molecule has 6 heteroatoms. The van der Waals surface area contributed by atoms with Crippen LogP contribution in [0.4, 0.5) is 0 Å². The molecule has 0 bridgehead atoms. The van der Waals surface area contributed by atoms with E-state index in [1.54, 1.807) is 6.08 Å². The summed E-state index contributed by atoms with van der Waals surface area (Å²) in [6.07, 6.45) is 64.1. The van der Waals surface area contributed by atoms with Gasteiger partial charge in [0.25, 0.3) is 0 Å². The number of rotatable bonds is 49. The summed E-state index contributed by atoms with van der Waals surface area (Å²) in [5.74, 6) is -0.172. The minimum atomic E-state index is -0.880. The second-order valence-corrected chi connectivity index (χ2v) is 18.2. The van der Waals surface area contributed by atoms with Gasteiger partial charge < -0.3 is 20.3 Å². The molecule has 0 aliphatic rings. The van der Waals surface area contributed by atoms with E-state index in [2.05, 4.69) is 49.5 Å². The van der Waals surface area contributed by atoms with E-state index in [4.69, 9.17) is 4.74 Å². The molecule has 0 saturated carbocycles. The van der Waals surface area contributed by atoms with Crippen LogP contribution in [0.1, 0.15) is 271 Å². The predicted octanol–water partition coefficient (Wildman–Crippen LogP) is 16.2. The fraction of sp³-hybridized carbons (Fsp3) is 0.821. The molecule has 0 heterocycles. The Morgan fingerprint density at radius 3 is 1.27 bits per heavy atom. The number of nitrogens with one attached hydrogen (secondary N) is 1. The van der Waals surface area contributed by atoms with Crippen LogP contribution in [-0.4, -0.2) is 47.4 Å². The summed E-state index contributed by atoms with van der Waals surface area (Å²) in [4.78, 5) is 24.4. The lowest BCUT2D eigenvalue weighted by Gasteiger charge is -2.19. The van der Waals surface area contributed by atoms with Gasteiger partial charge in [0.1, 0.15) is 0 Å². The van der Waals surface area contributed by atoms with E-state index in [9.17, 15) is 19.8 Å². The molecule has 362 valence electrons. The van der Waals surface area contributed by atoms with Crippen molar-refractivity contribution in [3.8, 4) is 0 Å². The molecular weight excluding hydrogens is 767 g/mol. The molecule has 6 nitrogen and oxygen atoms in total. The first-order valence-electron chi connectivity index (χ1n) is 26.9. The van der Waals surface area contributed by atoms with Crippen molar-refractivity contribution in [3.05, 3.63) is 48.6 Å². The van der Waals surface area contributed by atoms with Gasteiger partial charge in [-0.15, -0.1) is 0 Å². The normalized spacial score (nSPS) is 13.0. The van der Waals surface area contributed by atoms with Gasteiger partial charge in [-0.25, -0.2) is 0 Å². The van der Waals surface area contributed by atoms with Crippen LogP contribution in [-0.2, 0) is 14.3 Å². The molecule has 0 radical (unpaired) electrons. The zero-order chi connectivity index (χ0) is 45.1. The predicted molar refractivity (Wildman–Crippen MR) is 269 cm³/mol. The van der Waals surface area contributed by atoms with Crippen molar-refractivity contribution in [1.82, 2.24) is 5.32 Å². The Hall–Kier alpha value is -2.18. The van der Waals surface area contributed by atoms with Crippen molar-refractivity contribution >= 4 is 11.9 Å². The van der Waals surface area contributed by atoms with Crippen molar-refractivity contribution in [2.45, 2.75) is 283 Å². The van der Waals surface area contributed by atoms with Crippen molar-refractivity contribution in [2.24, 2.45) is 0 Å². The van der Waals surface area contributed by atoms with Crippen LogP contribution in [0.2, 0.25) is 0 Å². The number of unbranched alkanes of at least 4 members (excludes halogenated alkanes) is 32. The highest BCUT2D eigenvalue weighted by atomic mass is 16.5. The number of esters is 1. The van der Waals surface area contributed by atoms with E-state index in [1.165, 1.54) is 186 Å². The number of carbonyl (C=O) groups is 2. The van der Waals surface area contributed by atoms with E-state index in [1.807, 2.05) is 12.2 Å². The third-order valence-corrected chi connectivity index (χ3v) is 12.1. The number of carbonyl (C=O) groups excluding carboxylic acids is 2. The third-order valence-electron chi connectivity index (χ3n) is 12.1. The molecule has 0 spiro atoms. The second-order valence-electron chi connectivity index (χ2n) is 18.2. The molecule has 0 rings (SSSR count). The molecule has 3 N–H and O–H groups in total. The molecule has 0 fully saturated rings. The number of amides is 1. The van der Waals surface area contributed by atoms with E-state index < -0.39 is 12.1 Å². The Labute approximate surface area is 385 Å². The highest BCUT2D eigenvalue weighted by Crippen LogP contribution is 2.15. The van der Waals surface area contributed by atoms with Gasteiger partial charge in [0.05, 0.1) is 25.4 Å². The summed E-state index contributed by atoms with van der Waals surface area (Å²) in [5, 5.41) is 23.0. The molecule has 0 aliphatic carbocycles. The zero-order valence-corrected chi connectivity index (χ0v) is 41.1. The average Bonchev–Trinajstić information content (AvgIpc) is 3.27. The van der Waals surface area contributed by atoms with Crippen LogP contribution in [0.15, 0.2) is 48.6 Å². The molecule has 0 aromatic carbocycles. The van der Waals surface area contributed by atoms with Gasteiger partial charge in [-0.05, 0) is 77.0 Å². The van der Waals surface area contributed by atoms with Crippen molar-refractivity contribution in [3.63, 3.8) is 0 Å². The molecule has 1 amide bonds. The van der Waals surface area contributed by atoms with Gasteiger partial charge in [-0.1, -0.05) is 229 Å². The Morgan fingerprint density at radius 2 is 0.823 bits per heavy atom. The van der Waals surface area contributed by atoms with Gasteiger partial charge in [0, 0.05) is 12.8 Å². The van der Waals surface area contributed by atoms with Crippen LogP contribution in [0.25, 0.3) is 0 Å². The van der Waals surface area contributed by atoms with Crippen molar-refractivity contribution in [1.29, 1.82) is 0 Å². The molecule has 0 saturated heterocycles. The molecule has 2 unspecified atom stereocenters. The average molecular weight is 870 g/mol. The zero-order valence-electron chi connectivity index (χ0n) is 41.1. The van der Waals surface area contributed by atoms with Gasteiger partial charge in [0.2, 0.25) is 5.91 Å². The minimum Gasteiger partial charge on any atom is -0.466 e. The number of aliphatic hydroxyl groups is 2. The lowest BCUT2D eigenvalue weighted by Crippen LogP contribution is -2.45. The summed E-state index contributed by atoms with van der Waals surface area (Å²) in [6.45, 7) is 4.83. The standard InChI is InChI=1S/C56H103NO5/c1-3-5-7-9-11-13-15-17-19-20-22-26-30-34-38-42-46-50-56(61)62-51-47-43-39-35-31-27-23-25-29-33-37-41-45-49-55(60)57-53(52-58)54(59)48-44-40-36-32-28-24-21-18-16-14-12-10-8-6-4-2/h17,19,25,29,37,41,44,48,53-54,58-59H,3-16,18,20-24,26-28,30-36,38-40,42-43,45-47,49-52H2,1-2H3,(H,57,60)/b19-17-,29-25-,41-37-,48-44+. The number of allylic oxidation sites excluding steroid dienone is 7. The number of aliphatic hydroxyl groups excluding tert-OH is 2. The lowest BCUT2D eigenvalue weighted by molar-refractivity contribution is -0.143. The Morgan fingerprint density at radius 1 is 0.452 bits per heavy atom. The maximum atomic E-state index is 12.4. The van der Waals surface area contributed by atoms with E-state index in [0.29, 0.717) is 25.9 Å². The second kappa shape index (κ2) is 51.5. The monoisotopic (exact) mass is 870 g/mol. The molecular formula is C56H103NO5. The topological polar surface area (TPSA) is 95.9 Å². The van der Waals surface area contributed by atoms with Gasteiger partial charge in [-0.2, -0.15) is 0 Å². The number of ether oxygens (including phenoxy) is 1. The molecule has 0 aromatic rings. The minimum absolute atomic E-state index is 0.0225. The quantitative estimate of drug-likeness (QED) is 0.0322. The van der Waals surface area contributed by atoms with Gasteiger partial charge in [0.15, 0.2) is 0 Å². The molecule has 0 aromatic heterocycles. The van der Waals surface area contributed by atoms with Gasteiger partial charge in [-0.3, -0.25) is 9.59 Å². The first-order valence-corrected chi connectivity index (χ1v) is 26.9. The highest BCUT2D eigenvalue weighted by molar-refractivity contribution is 5.76. The van der Waals surface area contributed by atoms with Crippen LogP contribution < -0.4 is 5.32 Å².